The van der Waals surface area contributed by atoms with E-state index in [-0.39, 0.29) is 5.91 Å². The Kier molecular flexibility index (Phi) is 5.89. The van der Waals surface area contributed by atoms with Crippen molar-refractivity contribution in [3.63, 3.8) is 0 Å². The fraction of sp³-hybridized carbons (Fsp3) is 0.765. The summed E-state index contributed by atoms with van der Waals surface area (Å²) >= 11 is 1.69. The topological polar surface area (TPSA) is 48.5 Å². The molecule has 1 aromatic rings. The molecule has 1 amide bonds. The molecule has 0 bridgehead atoms. The van der Waals surface area contributed by atoms with Crippen LogP contribution in [0.4, 0.5) is 5.13 Å². The van der Waals surface area contributed by atoms with Crippen LogP contribution in [0.5, 0.6) is 0 Å². The number of hydrogen-bond donors (Lipinski definition) is 1. The molecule has 2 aliphatic heterocycles. The van der Waals surface area contributed by atoms with Crippen LogP contribution in [0.25, 0.3) is 0 Å². The Balaban J connectivity index is 1.38. The van der Waals surface area contributed by atoms with Gasteiger partial charge in [-0.3, -0.25) is 4.79 Å². The molecular weight excluding hydrogens is 308 g/mol. The summed E-state index contributed by atoms with van der Waals surface area (Å²) in [4.78, 5) is 21.5. The highest BCUT2D eigenvalue weighted by Gasteiger charge is 2.20. The minimum absolute atomic E-state index is 0.152. The molecular formula is C17H28N4OS. The van der Waals surface area contributed by atoms with Gasteiger partial charge in [0.15, 0.2) is 5.13 Å². The molecule has 2 saturated heterocycles. The molecule has 0 aromatic carbocycles. The SMILES string of the molecule is CN1CCCC[C@@H]1CCC(=O)NCc1csc(N2CCCC2)n1. The number of hydrogen-bond acceptors (Lipinski definition) is 5. The van der Waals surface area contributed by atoms with Gasteiger partial charge in [0.05, 0.1) is 12.2 Å². The van der Waals surface area contributed by atoms with Crippen LogP contribution < -0.4 is 10.2 Å². The summed E-state index contributed by atoms with van der Waals surface area (Å²) in [6, 6.07) is 0.579. The Hall–Kier alpha value is -1.14. The average Bonchev–Trinajstić information content (AvgIpc) is 3.23. The predicted octanol–water partition coefficient (Wildman–Crippen LogP) is 2.62. The van der Waals surface area contributed by atoms with Gasteiger partial charge in [-0.05, 0) is 45.7 Å². The van der Waals surface area contributed by atoms with Crippen molar-refractivity contribution in [2.45, 2.75) is 57.5 Å². The number of aromatic nitrogens is 1. The first-order chi connectivity index (χ1) is 11.2. The molecule has 0 aliphatic carbocycles. The van der Waals surface area contributed by atoms with E-state index in [1.54, 1.807) is 11.3 Å². The van der Waals surface area contributed by atoms with Gasteiger partial charge < -0.3 is 15.1 Å². The van der Waals surface area contributed by atoms with Crippen molar-refractivity contribution >= 4 is 22.4 Å². The van der Waals surface area contributed by atoms with E-state index in [0.717, 1.165) is 30.3 Å². The standard InChI is InChI=1S/C17H28N4OS/c1-20-9-3-2-6-15(20)7-8-16(22)18-12-14-13-23-17(19-14)21-10-4-5-11-21/h13,15H,2-12H2,1H3,(H,18,22)/t15-/m1/s1. The number of nitrogens with zero attached hydrogens (tertiary/aromatic N) is 3. The van der Waals surface area contributed by atoms with Crippen LogP contribution in [0, 0.1) is 0 Å². The number of carbonyl (C=O) groups excluding carboxylic acids is 1. The third-order valence-corrected chi connectivity index (χ3v) is 5.96. The summed E-state index contributed by atoms with van der Waals surface area (Å²) in [5.41, 5.74) is 0.986. The maximum absolute atomic E-state index is 12.1. The lowest BCUT2D eigenvalue weighted by Crippen LogP contribution is -2.37. The zero-order valence-electron chi connectivity index (χ0n) is 14.1. The van der Waals surface area contributed by atoms with Gasteiger partial charge in [-0.15, -0.1) is 11.3 Å². The van der Waals surface area contributed by atoms with E-state index in [1.807, 2.05) is 0 Å². The fourth-order valence-electron chi connectivity index (χ4n) is 3.52. The van der Waals surface area contributed by atoms with Crippen molar-refractivity contribution in [3.8, 4) is 0 Å². The lowest BCUT2D eigenvalue weighted by atomic mass is 9.98. The summed E-state index contributed by atoms with van der Waals surface area (Å²) in [5, 5.41) is 6.20. The van der Waals surface area contributed by atoms with Crippen LogP contribution in [-0.4, -0.2) is 48.5 Å². The molecule has 5 nitrogen and oxygen atoms in total. The van der Waals surface area contributed by atoms with Crippen LogP contribution in [0.15, 0.2) is 5.38 Å². The van der Waals surface area contributed by atoms with E-state index in [4.69, 9.17) is 0 Å². The molecule has 3 rings (SSSR count). The first-order valence-corrected chi connectivity index (χ1v) is 9.76. The first-order valence-electron chi connectivity index (χ1n) is 8.88. The first kappa shape index (κ1) is 16.7. The lowest BCUT2D eigenvalue weighted by Gasteiger charge is -2.32. The highest BCUT2D eigenvalue weighted by atomic mass is 32.1. The maximum Gasteiger partial charge on any atom is 0.220 e. The van der Waals surface area contributed by atoms with Crippen LogP contribution in [0.2, 0.25) is 0 Å². The normalized spacial score (nSPS) is 22.5. The largest absolute Gasteiger partial charge is 0.350 e. The van der Waals surface area contributed by atoms with Gasteiger partial charge >= 0.3 is 0 Å². The minimum Gasteiger partial charge on any atom is -0.350 e. The number of anilines is 1. The van der Waals surface area contributed by atoms with Crippen LogP contribution in [0.1, 0.15) is 50.6 Å². The summed E-state index contributed by atoms with van der Waals surface area (Å²) in [5.74, 6) is 0.152. The van der Waals surface area contributed by atoms with Crippen molar-refractivity contribution in [1.82, 2.24) is 15.2 Å². The molecule has 0 saturated carbocycles. The Labute approximate surface area is 143 Å². The minimum atomic E-state index is 0.152. The van der Waals surface area contributed by atoms with Gasteiger partial charge in [0, 0.05) is 30.9 Å². The molecule has 0 radical (unpaired) electrons. The summed E-state index contributed by atoms with van der Waals surface area (Å²) in [6.07, 6.45) is 7.95. The summed E-state index contributed by atoms with van der Waals surface area (Å²) in [7, 11) is 2.18. The average molecular weight is 337 g/mol. The van der Waals surface area contributed by atoms with E-state index in [1.165, 1.54) is 38.6 Å². The predicted molar refractivity (Wildman–Crippen MR) is 94.9 cm³/mol. The van der Waals surface area contributed by atoms with E-state index < -0.39 is 0 Å². The second kappa shape index (κ2) is 8.11. The fourth-order valence-corrected chi connectivity index (χ4v) is 4.39. The molecule has 6 heteroatoms. The van der Waals surface area contributed by atoms with E-state index >= 15 is 0 Å². The van der Waals surface area contributed by atoms with Gasteiger partial charge in [-0.2, -0.15) is 0 Å². The number of nitrogens with one attached hydrogen (secondary N) is 1. The van der Waals surface area contributed by atoms with Gasteiger partial charge in [0.1, 0.15) is 0 Å². The molecule has 2 fully saturated rings. The van der Waals surface area contributed by atoms with Crippen molar-refractivity contribution in [2.24, 2.45) is 0 Å². The highest BCUT2D eigenvalue weighted by Crippen LogP contribution is 2.24. The molecule has 128 valence electrons. The molecule has 2 aliphatic rings. The molecule has 3 heterocycles. The molecule has 1 aromatic heterocycles. The number of piperidine rings is 1. The molecule has 23 heavy (non-hydrogen) atoms. The lowest BCUT2D eigenvalue weighted by molar-refractivity contribution is -0.121. The Bertz CT molecular complexity index is 512. The summed E-state index contributed by atoms with van der Waals surface area (Å²) in [6.45, 7) is 3.97. The number of rotatable bonds is 6. The van der Waals surface area contributed by atoms with Gasteiger partial charge in [-0.25, -0.2) is 4.98 Å². The van der Waals surface area contributed by atoms with Gasteiger partial charge in [0.25, 0.3) is 0 Å². The van der Waals surface area contributed by atoms with Crippen molar-refractivity contribution in [1.29, 1.82) is 0 Å². The zero-order chi connectivity index (χ0) is 16.1. The third-order valence-electron chi connectivity index (χ3n) is 5.01. The Morgan fingerprint density at radius 1 is 1.30 bits per heavy atom. The molecule has 0 unspecified atom stereocenters. The number of amides is 1. The molecule has 0 spiro atoms. The van der Waals surface area contributed by atoms with Crippen molar-refractivity contribution in [3.05, 3.63) is 11.1 Å². The second-order valence-corrected chi connectivity index (χ2v) is 7.60. The van der Waals surface area contributed by atoms with E-state index in [9.17, 15) is 4.79 Å². The zero-order valence-corrected chi connectivity index (χ0v) is 14.9. The van der Waals surface area contributed by atoms with Crippen LogP contribution >= 0.6 is 11.3 Å². The second-order valence-electron chi connectivity index (χ2n) is 6.76. The summed E-state index contributed by atoms with van der Waals surface area (Å²) < 4.78 is 0. The Morgan fingerprint density at radius 2 is 2.09 bits per heavy atom. The van der Waals surface area contributed by atoms with Crippen molar-refractivity contribution < 1.29 is 4.79 Å². The maximum atomic E-state index is 12.1. The quantitative estimate of drug-likeness (QED) is 0.867. The van der Waals surface area contributed by atoms with E-state index in [2.05, 4.69) is 32.5 Å². The number of thiazole rings is 1. The van der Waals surface area contributed by atoms with Crippen molar-refractivity contribution in [2.75, 3.05) is 31.6 Å². The molecule has 1 atom stereocenters. The monoisotopic (exact) mass is 336 g/mol. The van der Waals surface area contributed by atoms with E-state index in [0.29, 0.717) is 19.0 Å². The van der Waals surface area contributed by atoms with Gasteiger partial charge in [-0.1, -0.05) is 6.42 Å². The smallest absolute Gasteiger partial charge is 0.220 e. The van der Waals surface area contributed by atoms with Crippen LogP contribution in [-0.2, 0) is 11.3 Å². The van der Waals surface area contributed by atoms with Gasteiger partial charge in [0.2, 0.25) is 5.91 Å². The molecule has 1 N–H and O–H groups in total. The van der Waals surface area contributed by atoms with Crippen LogP contribution in [0.3, 0.4) is 0 Å². The third kappa shape index (κ3) is 4.67. The number of likely N-dealkylation sites (tertiary alicyclic amines) is 1. The highest BCUT2D eigenvalue weighted by molar-refractivity contribution is 7.13. The number of carbonyl (C=O) groups is 1. The Morgan fingerprint density at radius 3 is 2.87 bits per heavy atom.